The molecule has 1 aromatic carbocycles. The van der Waals surface area contributed by atoms with Crippen LogP contribution < -0.4 is 5.32 Å². The molecule has 0 radical (unpaired) electrons. The monoisotopic (exact) mass is 317 g/mol. The van der Waals surface area contributed by atoms with Gasteiger partial charge in [0, 0.05) is 27.8 Å². The Balaban J connectivity index is 2.68. The van der Waals surface area contributed by atoms with Crippen LogP contribution in [0.5, 0.6) is 0 Å². The van der Waals surface area contributed by atoms with Gasteiger partial charge in [-0.2, -0.15) is 0 Å². The Hall–Kier alpha value is -0.0300. The van der Waals surface area contributed by atoms with Crippen molar-refractivity contribution in [3.05, 3.63) is 28.2 Å². The third-order valence-corrected chi connectivity index (χ3v) is 4.73. The van der Waals surface area contributed by atoms with Crippen molar-refractivity contribution in [3.63, 3.8) is 0 Å². The lowest BCUT2D eigenvalue weighted by atomic mass is 10.1. The molecule has 1 aromatic rings. The predicted molar refractivity (Wildman–Crippen MR) is 78.6 cm³/mol. The van der Waals surface area contributed by atoms with Crippen LogP contribution in [0.25, 0.3) is 0 Å². The van der Waals surface area contributed by atoms with E-state index in [-0.39, 0.29) is 6.61 Å². The number of benzene rings is 1. The van der Waals surface area contributed by atoms with Crippen LogP contribution in [0, 0.1) is 5.92 Å². The molecule has 0 aliphatic rings. The summed E-state index contributed by atoms with van der Waals surface area (Å²) in [5.74, 6) is 1.29. The number of thioether (sulfide) groups is 1. The summed E-state index contributed by atoms with van der Waals surface area (Å²) in [4.78, 5) is 1.24. The number of aliphatic hydroxyl groups excluding tert-OH is 1. The molecular formula is C13H20BrNOS. The van der Waals surface area contributed by atoms with Gasteiger partial charge < -0.3 is 10.4 Å². The van der Waals surface area contributed by atoms with Crippen LogP contribution in [0.15, 0.2) is 27.6 Å². The van der Waals surface area contributed by atoms with Crippen molar-refractivity contribution in [2.75, 3.05) is 19.4 Å². The van der Waals surface area contributed by atoms with E-state index in [4.69, 9.17) is 5.11 Å². The molecule has 2 atom stereocenters. The Labute approximate surface area is 116 Å². The highest BCUT2D eigenvalue weighted by Gasteiger charge is 2.08. The number of nitrogens with one attached hydrogen (secondary N) is 1. The first-order valence-electron chi connectivity index (χ1n) is 5.78. The average Bonchev–Trinajstić information content (AvgIpc) is 2.35. The van der Waals surface area contributed by atoms with E-state index >= 15 is 0 Å². The van der Waals surface area contributed by atoms with Crippen LogP contribution in [0.2, 0.25) is 0 Å². The molecule has 96 valence electrons. The summed E-state index contributed by atoms with van der Waals surface area (Å²) in [5.41, 5.74) is 1.27. The van der Waals surface area contributed by atoms with Crippen LogP contribution in [0.3, 0.4) is 0 Å². The lowest BCUT2D eigenvalue weighted by Crippen LogP contribution is -2.12. The van der Waals surface area contributed by atoms with Crippen molar-refractivity contribution in [3.8, 4) is 0 Å². The second-order valence-corrected chi connectivity index (χ2v) is 6.24. The zero-order valence-corrected chi connectivity index (χ0v) is 12.9. The molecule has 0 amide bonds. The first kappa shape index (κ1) is 15.0. The Bertz CT molecular complexity index is 359. The van der Waals surface area contributed by atoms with Crippen LogP contribution >= 0.6 is 27.7 Å². The number of hydrogen-bond acceptors (Lipinski definition) is 3. The minimum atomic E-state index is 0.253. The molecule has 4 heteroatoms. The Kier molecular flexibility index (Phi) is 6.55. The molecule has 1 rings (SSSR count). The maximum absolute atomic E-state index is 8.99. The fourth-order valence-electron chi connectivity index (χ4n) is 1.40. The van der Waals surface area contributed by atoms with E-state index in [1.807, 2.05) is 7.05 Å². The number of halogens is 1. The lowest BCUT2D eigenvalue weighted by Gasteiger charge is -2.14. The summed E-state index contributed by atoms with van der Waals surface area (Å²) in [6, 6.07) is 6.79. The summed E-state index contributed by atoms with van der Waals surface area (Å²) in [7, 11) is 1.96. The lowest BCUT2D eigenvalue weighted by molar-refractivity contribution is 0.250. The molecule has 2 nitrogen and oxygen atoms in total. The molecule has 2 N–H and O–H groups in total. The topological polar surface area (TPSA) is 32.3 Å². The van der Waals surface area contributed by atoms with Gasteiger partial charge in [0.05, 0.1) is 0 Å². The summed E-state index contributed by atoms with van der Waals surface area (Å²) in [6.07, 6.45) is 0. The molecule has 2 unspecified atom stereocenters. The third kappa shape index (κ3) is 4.62. The van der Waals surface area contributed by atoms with Crippen LogP contribution in [-0.4, -0.2) is 24.5 Å². The highest BCUT2D eigenvalue weighted by atomic mass is 79.9. The second kappa shape index (κ2) is 7.41. The summed E-state index contributed by atoms with van der Waals surface area (Å²) >= 11 is 5.39. The maximum Gasteiger partial charge on any atom is 0.0464 e. The van der Waals surface area contributed by atoms with Gasteiger partial charge in [-0.1, -0.05) is 28.9 Å². The molecule has 0 spiro atoms. The largest absolute Gasteiger partial charge is 0.396 e. The van der Waals surface area contributed by atoms with Crippen molar-refractivity contribution in [1.82, 2.24) is 5.32 Å². The van der Waals surface area contributed by atoms with Gasteiger partial charge in [0.2, 0.25) is 0 Å². The molecule has 0 bridgehead atoms. The minimum Gasteiger partial charge on any atom is -0.396 e. The molecule has 0 aliphatic heterocycles. The van der Waals surface area contributed by atoms with Crippen LogP contribution in [-0.2, 0) is 0 Å². The van der Waals surface area contributed by atoms with Crippen LogP contribution in [0.1, 0.15) is 25.5 Å². The third-order valence-electron chi connectivity index (χ3n) is 2.72. The fourth-order valence-corrected chi connectivity index (χ4v) is 3.22. The molecule has 0 aromatic heterocycles. The van der Waals surface area contributed by atoms with E-state index in [0.717, 1.165) is 10.2 Å². The van der Waals surface area contributed by atoms with Crippen molar-refractivity contribution >= 4 is 27.7 Å². The summed E-state index contributed by atoms with van der Waals surface area (Å²) in [5, 5.41) is 12.2. The van der Waals surface area contributed by atoms with Gasteiger partial charge in [0.25, 0.3) is 0 Å². The van der Waals surface area contributed by atoms with Crippen molar-refractivity contribution in [1.29, 1.82) is 0 Å². The maximum atomic E-state index is 8.99. The fraction of sp³-hybridized carbons (Fsp3) is 0.538. The van der Waals surface area contributed by atoms with Gasteiger partial charge in [-0.15, -0.1) is 11.8 Å². The van der Waals surface area contributed by atoms with Crippen molar-refractivity contribution < 1.29 is 5.11 Å². The molecular weight excluding hydrogens is 298 g/mol. The Morgan fingerprint density at radius 2 is 2.12 bits per heavy atom. The SMILES string of the molecule is CNC(C)c1ccc(SCC(C)CO)cc1Br. The average molecular weight is 318 g/mol. The van der Waals surface area contributed by atoms with E-state index in [2.05, 4.69) is 53.3 Å². The Morgan fingerprint density at radius 3 is 2.65 bits per heavy atom. The quantitative estimate of drug-likeness (QED) is 0.788. The number of rotatable bonds is 6. The van der Waals surface area contributed by atoms with E-state index in [9.17, 15) is 0 Å². The van der Waals surface area contributed by atoms with E-state index in [0.29, 0.717) is 12.0 Å². The van der Waals surface area contributed by atoms with Gasteiger partial charge in [0.15, 0.2) is 0 Å². The van der Waals surface area contributed by atoms with E-state index in [1.165, 1.54) is 10.5 Å². The first-order chi connectivity index (χ1) is 8.08. The zero-order chi connectivity index (χ0) is 12.8. The van der Waals surface area contributed by atoms with Gasteiger partial charge in [-0.05, 0) is 37.6 Å². The van der Waals surface area contributed by atoms with E-state index < -0.39 is 0 Å². The van der Waals surface area contributed by atoms with Gasteiger partial charge in [-0.3, -0.25) is 0 Å². The molecule has 0 saturated carbocycles. The standard InChI is InChI=1S/C13H20BrNOS/c1-9(7-16)8-17-11-4-5-12(10(2)15-3)13(14)6-11/h4-6,9-10,15-16H,7-8H2,1-3H3. The zero-order valence-electron chi connectivity index (χ0n) is 10.5. The highest BCUT2D eigenvalue weighted by molar-refractivity contribution is 9.10. The van der Waals surface area contributed by atoms with E-state index in [1.54, 1.807) is 11.8 Å². The van der Waals surface area contributed by atoms with Crippen LogP contribution in [0.4, 0.5) is 0 Å². The highest BCUT2D eigenvalue weighted by Crippen LogP contribution is 2.29. The normalized spacial score (nSPS) is 14.6. The van der Waals surface area contributed by atoms with Crippen molar-refractivity contribution in [2.45, 2.75) is 24.8 Å². The summed E-state index contributed by atoms with van der Waals surface area (Å²) in [6.45, 7) is 4.45. The molecule has 0 aliphatic carbocycles. The molecule has 0 fully saturated rings. The second-order valence-electron chi connectivity index (χ2n) is 4.29. The summed E-state index contributed by atoms with van der Waals surface area (Å²) < 4.78 is 1.14. The molecule has 17 heavy (non-hydrogen) atoms. The van der Waals surface area contributed by atoms with Gasteiger partial charge >= 0.3 is 0 Å². The number of aliphatic hydroxyl groups is 1. The minimum absolute atomic E-state index is 0.253. The predicted octanol–water partition coefficient (Wildman–Crippen LogP) is 3.45. The number of hydrogen-bond donors (Lipinski definition) is 2. The molecule has 0 heterocycles. The smallest absolute Gasteiger partial charge is 0.0464 e. The molecule has 0 saturated heterocycles. The first-order valence-corrected chi connectivity index (χ1v) is 7.56. The van der Waals surface area contributed by atoms with Gasteiger partial charge in [-0.25, -0.2) is 0 Å². The van der Waals surface area contributed by atoms with Crippen molar-refractivity contribution in [2.24, 2.45) is 5.92 Å². The Morgan fingerprint density at radius 1 is 1.41 bits per heavy atom. The van der Waals surface area contributed by atoms with Gasteiger partial charge in [0.1, 0.15) is 0 Å².